The quantitative estimate of drug-likeness (QED) is 0.566. The van der Waals surface area contributed by atoms with Gasteiger partial charge in [0.1, 0.15) is 5.75 Å². The lowest BCUT2D eigenvalue weighted by atomic mass is 10.0. The Kier molecular flexibility index (Phi) is 5.72. The Morgan fingerprint density at radius 3 is 2.12 bits per heavy atom. The van der Waals surface area contributed by atoms with Gasteiger partial charge in [-0.25, -0.2) is 0 Å². The average Bonchev–Trinajstić information content (AvgIpc) is 2.51. The first-order valence-electron chi connectivity index (χ1n) is 8.90. The van der Waals surface area contributed by atoms with Gasteiger partial charge >= 0.3 is 0 Å². The van der Waals surface area contributed by atoms with E-state index in [2.05, 4.69) is 71.9 Å². The van der Waals surface area contributed by atoms with E-state index in [1.807, 2.05) is 12.1 Å². The molecule has 0 saturated carbocycles. The zero-order valence-electron chi connectivity index (χ0n) is 15.8. The minimum atomic E-state index is -1.94. The van der Waals surface area contributed by atoms with Crippen molar-refractivity contribution < 1.29 is 4.43 Å². The highest BCUT2D eigenvalue weighted by Gasteiger charge is 2.46. The number of rotatable bonds is 6. The van der Waals surface area contributed by atoms with Crippen molar-refractivity contribution >= 4 is 19.1 Å². The van der Waals surface area contributed by atoms with Crippen molar-refractivity contribution in [2.75, 3.05) is 0 Å². The summed E-state index contributed by atoms with van der Waals surface area (Å²) in [5, 5.41) is 11.3. The lowest BCUT2D eigenvalue weighted by Gasteiger charge is -2.42. The van der Waals surface area contributed by atoms with Crippen LogP contribution in [0.4, 0.5) is 0 Å². The highest BCUT2D eigenvalue weighted by Crippen LogP contribution is 2.43. The van der Waals surface area contributed by atoms with E-state index in [0.717, 1.165) is 22.1 Å². The second-order valence-corrected chi connectivity index (χ2v) is 12.9. The molecule has 2 nitrogen and oxygen atoms in total. The third-order valence-corrected chi connectivity index (χ3v) is 11.2. The molecule has 0 radical (unpaired) electrons. The molecule has 0 bridgehead atoms. The lowest BCUT2D eigenvalue weighted by molar-refractivity contribution is 0.480. The molecule has 0 heterocycles. The van der Waals surface area contributed by atoms with Crippen LogP contribution in [0.1, 0.15) is 47.1 Å². The summed E-state index contributed by atoms with van der Waals surface area (Å²) < 4.78 is 6.77. The Morgan fingerprint density at radius 2 is 1.58 bits per heavy atom. The Labute approximate surface area is 147 Å². The van der Waals surface area contributed by atoms with Gasteiger partial charge in [-0.1, -0.05) is 65.8 Å². The van der Waals surface area contributed by atoms with Crippen LogP contribution in [0, 0.1) is 11.3 Å². The van der Waals surface area contributed by atoms with E-state index >= 15 is 0 Å². The predicted molar refractivity (Wildman–Crippen MR) is 105 cm³/mol. The van der Waals surface area contributed by atoms with E-state index in [4.69, 9.17) is 9.69 Å². The monoisotopic (exact) mass is 339 g/mol. The Hall–Kier alpha value is -1.79. The Balaban J connectivity index is 2.47. The molecule has 0 aliphatic carbocycles. The van der Waals surface area contributed by atoms with E-state index in [0.29, 0.717) is 23.0 Å². The third-order valence-electron chi connectivity index (χ3n) is 5.21. The summed E-state index contributed by atoms with van der Waals surface area (Å²) in [6, 6.07) is 14.7. The van der Waals surface area contributed by atoms with Crippen molar-refractivity contribution in [3.8, 4) is 11.8 Å². The summed E-state index contributed by atoms with van der Waals surface area (Å²) in [7, 11) is -1.94. The summed E-state index contributed by atoms with van der Waals surface area (Å²) in [5.74, 6) is 0.972. The third kappa shape index (κ3) is 3.35. The molecule has 0 amide bonds. The smallest absolute Gasteiger partial charge is 0.258 e. The van der Waals surface area contributed by atoms with Crippen LogP contribution in [0.5, 0.6) is 5.75 Å². The molecule has 0 saturated heterocycles. The van der Waals surface area contributed by atoms with Crippen LogP contribution in [-0.4, -0.2) is 8.32 Å². The topological polar surface area (TPSA) is 33.0 Å². The van der Waals surface area contributed by atoms with Gasteiger partial charge < -0.3 is 4.43 Å². The molecule has 0 aromatic heterocycles. The second-order valence-electron chi connectivity index (χ2n) is 7.55. The Morgan fingerprint density at radius 1 is 0.958 bits per heavy atom. The van der Waals surface area contributed by atoms with E-state index < -0.39 is 8.32 Å². The van der Waals surface area contributed by atoms with Crippen LogP contribution in [0.15, 0.2) is 36.4 Å². The maximum atomic E-state index is 9.00. The molecule has 0 fully saturated rings. The molecule has 3 heteroatoms. The van der Waals surface area contributed by atoms with Crippen molar-refractivity contribution in [2.45, 2.75) is 64.6 Å². The molecule has 2 aromatic rings. The fourth-order valence-electron chi connectivity index (χ4n) is 4.19. The standard InChI is InChI=1S/C21H29NOSi/c1-15(2)24(16(3)4,17(5)6)23-20-10-11-21-18(12-13-22)8-7-9-19(21)14-20/h7-11,14-17H,12H2,1-6H3. The van der Waals surface area contributed by atoms with Crippen molar-refractivity contribution in [3.63, 3.8) is 0 Å². The van der Waals surface area contributed by atoms with E-state index in [1.54, 1.807) is 0 Å². The van der Waals surface area contributed by atoms with E-state index in [1.165, 1.54) is 0 Å². The molecule has 24 heavy (non-hydrogen) atoms. The molecule has 0 N–H and O–H groups in total. The van der Waals surface area contributed by atoms with Gasteiger partial charge in [0.2, 0.25) is 0 Å². The van der Waals surface area contributed by atoms with Crippen molar-refractivity contribution in [2.24, 2.45) is 0 Å². The van der Waals surface area contributed by atoms with Gasteiger partial charge in [0.15, 0.2) is 0 Å². The van der Waals surface area contributed by atoms with Crippen LogP contribution in [0.2, 0.25) is 16.6 Å². The normalized spacial score (nSPS) is 12.2. The van der Waals surface area contributed by atoms with Gasteiger partial charge in [-0.05, 0) is 45.1 Å². The molecular weight excluding hydrogens is 310 g/mol. The molecule has 128 valence electrons. The van der Waals surface area contributed by atoms with Gasteiger partial charge in [0.05, 0.1) is 12.5 Å². The molecule has 0 aliphatic rings. The Bertz CT molecular complexity index is 721. The molecule has 0 spiro atoms. The summed E-state index contributed by atoms with van der Waals surface area (Å²) in [4.78, 5) is 0. The minimum absolute atomic E-state index is 0.445. The average molecular weight is 340 g/mol. The summed E-state index contributed by atoms with van der Waals surface area (Å²) >= 11 is 0. The van der Waals surface area contributed by atoms with Gasteiger partial charge in [-0.2, -0.15) is 5.26 Å². The highest BCUT2D eigenvalue weighted by atomic mass is 28.4. The molecule has 0 unspecified atom stereocenters. The summed E-state index contributed by atoms with van der Waals surface area (Å²) in [6.07, 6.45) is 0.445. The first kappa shape index (κ1) is 18.5. The first-order valence-corrected chi connectivity index (χ1v) is 11.0. The zero-order valence-corrected chi connectivity index (χ0v) is 16.8. The molecule has 0 atom stereocenters. The summed E-state index contributed by atoms with van der Waals surface area (Å²) in [6.45, 7) is 13.8. The second kappa shape index (κ2) is 7.40. The van der Waals surface area contributed by atoms with Crippen molar-refractivity contribution in [3.05, 3.63) is 42.0 Å². The van der Waals surface area contributed by atoms with E-state index in [9.17, 15) is 0 Å². The first-order chi connectivity index (χ1) is 11.3. The SMILES string of the molecule is CC(C)[Si](Oc1ccc2c(CC#N)cccc2c1)(C(C)C)C(C)C. The number of hydrogen-bond acceptors (Lipinski definition) is 2. The van der Waals surface area contributed by atoms with Gasteiger partial charge in [0.25, 0.3) is 8.32 Å². The fraction of sp³-hybridized carbons (Fsp3) is 0.476. The van der Waals surface area contributed by atoms with Gasteiger partial charge in [-0.15, -0.1) is 0 Å². The fourth-order valence-corrected chi connectivity index (χ4v) is 9.43. The maximum absolute atomic E-state index is 9.00. The molecule has 2 rings (SSSR count). The van der Waals surface area contributed by atoms with Gasteiger partial charge in [0, 0.05) is 0 Å². The summed E-state index contributed by atoms with van der Waals surface area (Å²) in [5.41, 5.74) is 2.75. The van der Waals surface area contributed by atoms with Crippen LogP contribution in [0.25, 0.3) is 10.8 Å². The largest absolute Gasteiger partial charge is 0.543 e. The molecule has 0 aliphatic heterocycles. The van der Waals surface area contributed by atoms with E-state index in [-0.39, 0.29) is 0 Å². The number of benzene rings is 2. The molecule has 2 aromatic carbocycles. The highest BCUT2D eigenvalue weighted by molar-refractivity contribution is 6.78. The van der Waals surface area contributed by atoms with Gasteiger partial charge in [-0.3, -0.25) is 0 Å². The zero-order chi connectivity index (χ0) is 17.9. The lowest BCUT2D eigenvalue weighted by Crippen LogP contribution is -2.50. The minimum Gasteiger partial charge on any atom is -0.543 e. The maximum Gasteiger partial charge on any atom is 0.258 e. The van der Waals surface area contributed by atoms with Crippen molar-refractivity contribution in [1.82, 2.24) is 0 Å². The predicted octanol–water partition coefficient (Wildman–Crippen LogP) is 6.46. The van der Waals surface area contributed by atoms with Crippen molar-refractivity contribution in [1.29, 1.82) is 5.26 Å². The molecular formula is C21H29NOSi. The van der Waals surface area contributed by atoms with Crippen LogP contribution in [-0.2, 0) is 6.42 Å². The number of nitrogens with zero attached hydrogens (tertiary/aromatic N) is 1. The van der Waals surface area contributed by atoms with Crippen LogP contribution >= 0.6 is 0 Å². The number of fused-ring (bicyclic) bond motifs is 1. The van der Waals surface area contributed by atoms with Crippen LogP contribution in [0.3, 0.4) is 0 Å². The number of hydrogen-bond donors (Lipinski definition) is 0. The number of nitriles is 1. The van der Waals surface area contributed by atoms with Crippen LogP contribution < -0.4 is 4.43 Å².